The summed E-state index contributed by atoms with van der Waals surface area (Å²) in [4.78, 5) is 0. The molecule has 0 amide bonds. The summed E-state index contributed by atoms with van der Waals surface area (Å²) >= 11 is 9.12. The van der Waals surface area contributed by atoms with Crippen molar-refractivity contribution >= 4 is 57.6 Å². The van der Waals surface area contributed by atoms with E-state index in [-0.39, 0.29) is 0 Å². The molecule has 0 unspecified atom stereocenters. The average molecular weight is 413 g/mol. The van der Waals surface area contributed by atoms with Gasteiger partial charge in [-0.3, -0.25) is 0 Å². The molecule has 0 aromatic carbocycles. The van der Waals surface area contributed by atoms with Crippen LogP contribution >= 0.6 is 47.8 Å². The molecule has 2 nitrogen and oxygen atoms in total. The van der Waals surface area contributed by atoms with Crippen LogP contribution in [0.25, 0.3) is 0 Å². The quantitative estimate of drug-likeness (QED) is 0.519. The average Bonchev–Trinajstić information content (AvgIpc) is 1.80. The van der Waals surface area contributed by atoms with Crippen molar-refractivity contribution in [3.05, 3.63) is 12.2 Å². The second kappa shape index (κ2) is 4.55. The first-order chi connectivity index (χ1) is 5.92. The van der Waals surface area contributed by atoms with Crippen molar-refractivity contribution in [2.45, 2.75) is 33.4 Å². The van der Waals surface area contributed by atoms with Gasteiger partial charge in [-0.05, 0) is 75.0 Å². The van der Waals surface area contributed by atoms with Gasteiger partial charge in [0.1, 0.15) is 0 Å². The summed E-state index contributed by atoms with van der Waals surface area (Å²) in [6.07, 6.45) is 0.430. The molecule has 84 valence electrons. The topological polar surface area (TPSA) is 34.1 Å². The van der Waals surface area contributed by atoms with Crippen LogP contribution in [0.1, 0.15) is 27.2 Å². The van der Waals surface area contributed by atoms with Crippen molar-refractivity contribution in [1.29, 1.82) is 0 Å². The van der Waals surface area contributed by atoms with Gasteiger partial charge in [-0.1, -0.05) is 5.57 Å². The lowest BCUT2D eigenvalue weighted by Crippen LogP contribution is -2.39. The van der Waals surface area contributed by atoms with Crippen LogP contribution in [-0.4, -0.2) is 14.6 Å². The van der Waals surface area contributed by atoms with Crippen molar-refractivity contribution in [1.82, 2.24) is 0 Å². The van der Waals surface area contributed by atoms with Gasteiger partial charge in [-0.15, -0.1) is 6.58 Å². The summed E-state index contributed by atoms with van der Waals surface area (Å²) in [5, 5.41) is 0. The minimum atomic E-state index is -3.38. The Kier molecular flexibility index (Phi) is 4.92. The first-order valence-electron chi connectivity index (χ1n) is 3.87. The van der Waals surface area contributed by atoms with Gasteiger partial charge in [-0.2, -0.15) is 0 Å². The normalized spacial score (nSPS) is 14.1. The van der Waals surface area contributed by atoms with Gasteiger partial charge in [0.2, 0.25) is 1.47 Å². The lowest BCUT2D eigenvalue weighted by atomic mass is 10.1. The minimum Gasteiger partial charge on any atom is -0.225 e. The zero-order valence-electron chi connectivity index (χ0n) is 8.27. The van der Waals surface area contributed by atoms with E-state index in [1.54, 1.807) is 13.8 Å². The Labute approximate surface area is 111 Å². The molecule has 0 saturated carbocycles. The predicted octanol–water partition coefficient (Wildman–Crippen LogP) is 3.94. The number of rotatable bonds is 3. The molecule has 0 atom stereocenters. The fourth-order valence-electron chi connectivity index (χ4n) is 1.14. The largest absolute Gasteiger partial charge is 0.235 e. The number of hydrogen-bond acceptors (Lipinski definition) is 2. The van der Waals surface area contributed by atoms with E-state index in [0.717, 1.165) is 5.57 Å². The van der Waals surface area contributed by atoms with Crippen LogP contribution in [0.3, 0.4) is 0 Å². The Hall–Kier alpha value is 1.13. The molecule has 0 heterocycles. The van der Waals surface area contributed by atoms with E-state index in [4.69, 9.17) is 0 Å². The highest BCUT2D eigenvalue weighted by atomic mass is 80.0. The van der Waals surface area contributed by atoms with E-state index in [1.165, 1.54) is 0 Å². The molecule has 14 heavy (non-hydrogen) atoms. The molecule has 0 aliphatic rings. The third-order valence-corrected chi connectivity index (χ3v) is 7.80. The van der Waals surface area contributed by atoms with Crippen molar-refractivity contribution in [2.75, 3.05) is 0 Å². The molecule has 6 heteroatoms. The summed E-state index contributed by atoms with van der Waals surface area (Å²) in [5.41, 5.74) is 0.843. The first-order valence-corrected chi connectivity index (χ1v) is 7.73. The maximum absolute atomic E-state index is 12.0. The molecule has 0 rings (SSSR count). The molecular formula is C8H13Br3O2S. The number of hydrogen-bond donors (Lipinski definition) is 0. The number of alkyl halides is 3. The summed E-state index contributed by atoms with van der Waals surface area (Å²) in [7, 11) is -3.38. The zero-order chi connectivity index (χ0) is 11.8. The van der Waals surface area contributed by atoms with E-state index in [0.29, 0.717) is 6.42 Å². The fourth-order valence-corrected chi connectivity index (χ4v) is 6.14. The molecule has 0 saturated heterocycles. The lowest BCUT2D eigenvalue weighted by molar-refractivity contribution is 0.546. The molecule has 0 radical (unpaired) electrons. The molecule has 0 bridgehead atoms. The molecule has 0 fully saturated rings. The van der Waals surface area contributed by atoms with Gasteiger partial charge < -0.3 is 0 Å². The highest BCUT2D eigenvalue weighted by molar-refractivity contribution is 9.42. The van der Waals surface area contributed by atoms with E-state index in [2.05, 4.69) is 54.4 Å². The van der Waals surface area contributed by atoms with Gasteiger partial charge in [0, 0.05) is 0 Å². The Bertz CT molecular complexity index is 325. The van der Waals surface area contributed by atoms with Crippen LogP contribution in [0.2, 0.25) is 0 Å². The van der Waals surface area contributed by atoms with Crippen molar-refractivity contribution in [3.63, 3.8) is 0 Å². The van der Waals surface area contributed by atoms with Crippen LogP contribution in [-0.2, 0) is 9.84 Å². The maximum atomic E-state index is 12.0. The smallest absolute Gasteiger partial charge is 0.225 e. The minimum absolute atomic E-state index is 0.430. The third kappa shape index (κ3) is 3.32. The summed E-state index contributed by atoms with van der Waals surface area (Å²) in [6, 6.07) is 0. The van der Waals surface area contributed by atoms with E-state index in [1.807, 2.05) is 6.92 Å². The maximum Gasteiger partial charge on any atom is 0.235 e. The molecular weight excluding hydrogens is 400 g/mol. The summed E-state index contributed by atoms with van der Waals surface area (Å²) in [6.45, 7) is 8.89. The van der Waals surface area contributed by atoms with Gasteiger partial charge in [0.25, 0.3) is 0 Å². The van der Waals surface area contributed by atoms with Crippen molar-refractivity contribution in [2.24, 2.45) is 0 Å². The van der Waals surface area contributed by atoms with Gasteiger partial charge in [-0.25, -0.2) is 8.42 Å². The number of allylic oxidation sites excluding steroid dienone is 1. The Morgan fingerprint density at radius 1 is 1.29 bits per heavy atom. The van der Waals surface area contributed by atoms with E-state index in [9.17, 15) is 8.42 Å². The standard InChI is InChI=1S/C8H13Br3O2S/c1-6(2)5-7(3,4)14(12,13)8(9,10)11/h1,5H2,2-4H3. The Morgan fingerprint density at radius 3 is 1.86 bits per heavy atom. The van der Waals surface area contributed by atoms with Crippen LogP contribution < -0.4 is 0 Å². The van der Waals surface area contributed by atoms with E-state index >= 15 is 0 Å². The molecule has 0 aliphatic heterocycles. The molecule has 0 spiro atoms. The summed E-state index contributed by atoms with van der Waals surface area (Å²) in [5.74, 6) is 0. The van der Waals surface area contributed by atoms with Gasteiger partial charge in [0.15, 0.2) is 9.84 Å². The van der Waals surface area contributed by atoms with E-state index < -0.39 is 16.1 Å². The van der Waals surface area contributed by atoms with Crippen LogP contribution in [0.4, 0.5) is 0 Å². The van der Waals surface area contributed by atoms with Crippen LogP contribution in [0, 0.1) is 0 Å². The monoisotopic (exact) mass is 410 g/mol. The number of sulfone groups is 1. The van der Waals surface area contributed by atoms with Gasteiger partial charge in [0.05, 0.1) is 4.75 Å². The zero-order valence-corrected chi connectivity index (χ0v) is 13.8. The van der Waals surface area contributed by atoms with Crippen LogP contribution in [0.15, 0.2) is 12.2 Å². The predicted molar refractivity (Wildman–Crippen MR) is 71.9 cm³/mol. The SMILES string of the molecule is C=C(C)CC(C)(C)S(=O)(=O)C(Br)(Br)Br. The summed E-state index contributed by atoms with van der Waals surface area (Å²) < 4.78 is 21.9. The molecule has 0 N–H and O–H groups in total. The van der Waals surface area contributed by atoms with Crippen molar-refractivity contribution in [3.8, 4) is 0 Å². The fraction of sp³-hybridized carbons (Fsp3) is 0.750. The second-order valence-corrected chi connectivity index (χ2v) is 14.9. The third-order valence-electron chi connectivity index (χ3n) is 1.76. The lowest BCUT2D eigenvalue weighted by Gasteiger charge is -2.29. The second-order valence-electron chi connectivity index (χ2n) is 3.84. The first kappa shape index (κ1) is 15.1. The number of halogens is 3. The van der Waals surface area contributed by atoms with Crippen LogP contribution in [0.5, 0.6) is 0 Å². The molecule has 0 aliphatic carbocycles. The molecule has 0 aromatic rings. The van der Waals surface area contributed by atoms with Gasteiger partial charge >= 0.3 is 0 Å². The highest BCUT2D eigenvalue weighted by Crippen LogP contribution is 2.46. The molecule has 0 aromatic heterocycles. The van der Waals surface area contributed by atoms with Crippen molar-refractivity contribution < 1.29 is 8.42 Å². The Balaban J connectivity index is 5.20. The Morgan fingerprint density at radius 2 is 1.64 bits per heavy atom. The highest BCUT2D eigenvalue weighted by Gasteiger charge is 2.47.